The third-order valence-electron chi connectivity index (χ3n) is 3.02. The number of carbonyl (C=O) groups is 1. The van der Waals surface area contributed by atoms with Crippen molar-refractivity contribution >= 4 is 17.4 Å². The molecule has 3 heteroatoms. The van der Waals surface area contributed by atoms with E-state index in [1.165, 1.54) is 26.2 Å². The van der Waals surface area contributed by atoms with E-state index in [0.29, 0.717) is 28.9 Å². The number of rotatable bonds is 4. The zero-order valence-electron chi connectivity index (χ0n) is 9.33. The molecule has 1 aliphatic carbocycles. The number of carbonyl (C=O) groups excluding carboxylic acids is 1. The fourth-order valence-electron chi connectivity index (χ4n) is 1.77. The van der Waals surface area contributed by atoms with E-state index in [2.05, 4.69) is 0 Å². The summed E-state index contributed by atoms with van der Waals surface area (Å²) in [5, 5.41) is 0.571. The van der Waals surface area contributed by atoms with Gasteiger partial charge in [0.2, 0.25) is 0 Å². The van der Waals surface area contributed by atoms with Crippen molar-refractivity contribution in [3.63, 3.8) is 0 Å². The van der Waals surface area contributed by atoms with E-state index in [0.717, 1.165) is 0 Å². The summed E-state index contributed by atoms with van der Waals surface area (Å²) >= 11 is 5.85. The lowest BCUT2D eigenvalue weighted by molar-refractivity contribution is 0.101. The molecule has 0 spiro atoms. The van der Waals surface area contributed by atoms with E-state index in [4.69, 9.17) is 16.3 Å². The van der Waals surface area contributed by atoms with Crippen LogP contribution in [0.5, 0.6) is 5.75 Å². The molecule has 1 fully saturated rings. The molecule has 0 aliphatic heterocycles. The maximum Gasteiger partial charge on any atom is 0.163 e. The first-order valence-electron chi connectivity index (χ1n) is 5.60. The predicted octanol–water partition coefficient (Wildman–Crippen LogP) is 3.72. The Morgan fingerprint density at radius 3 is 2.81 bits per heavy atom. The van der Waals surface area contributed by atoms with Crippen LogP contribution in [-0.4, -0.2) is 12.4 Å². The lowest BCUT2D eigenvalue weighted by atomic mass is 9.86. The smallest absolute Gasteiger partial charge is 0.163 e. The first-order chi connectivity index (χ1) is 7.66. The number of Topliss-reactive ketones (excluding diaryl/α,β-unsaturated/α-hetero) is 1. The highest BCUT2D eigenvalue weighted by Gasteiger charge is 2.19. The van der Waals surface area contributed by atoms with Crippen LogP contribution in [0.4, 0.5) is 0 Å². The molecule has 1 aliphatic rings. The zero-order chi connectivity index (χ0) is 11.5. The Morgan fingerprint density at radius 2 is 2.25 bits per heavy atom. The van der Waals surface area contributed by atoms with Crippen LogP contribution < -0.4 is 4.74 Å². The van der Waals surface area contributed by atoms with Crippen LogP contribution >= 0.6 is 11.6 Å². The molecule has 0 N–H and O–H groups in total. The minimum atomic E-state index is -0.00823. The van der Waals surface area contributed by atoms with Gasteiger partial charge >= 0.3 is 0 Å². The molecule has 1 aromatic carbocycles. The van der Waals surface area contributed by atoms with Crippen molar-refractivity contribution in [3.8, 4) is 5.75 Å². The second-order valence-electron chi connectivity index (χ2n) is 4.30. The molecule has 1 aromatic rings. The van der Waals surface area contributed by atoms with Crippen LogP contribution in [0.25, 0.3) is 0 Å². The fraction of sp³-hybridized carbons (Fsp3) is 0.462. The van der Waals surface area contributed by atoms with Crippen LogP contribution in [0.3, 0.4) is 0 Å². The van der Waals surface area contributed by atoms with Gasteiger partial charge in [0, 0.05) is 5.02 Å². The van der Waals surface area contributed by atoms with E-state index in [9.17, 15) is 4.79 Å². The van der Waals surface area contributed by atoms with Gasteiger partial charge in [-0.25, -0.2) is 0 Å². The summed E-state index contributed by atoms with van der Waals surface area (Å²) in [6.45, 7) is 2.24. The monoisotopic (exact) mass is 238 g/mol. The Bertz CT molecular complexity index is 397. The molecule has 0 heterocycles. The Kier molecular flexibility index (Phi) is 3.49. The summed E-state index contributed by atoms with van der Waals surface area (Å²) in [7, 11) is 0. The Hall–Kier alpha value is -1.02. The summed E-state index contributed by atoms with van der Waals surface area (Å²) in [5.74, 6) is 1.31. The molecule has 2 rings (SSSR count). The van der Waals surface area contributed by atoms with E-state index in [1.54, 1.807) is 18.2 Å². The minimum absolute atomic E-state index is 0.00823. The van der Waals surface area contributed by atoms with Crippen molar-refractivity contribution in [2.45, 2.75) is 26.2 Å². The number of benzene rings is 1. The third kappa shape index (κ3) is 2.56. The van der Waals surface area contributed by atoms with Crippen LogP contribution in [0.15, 0.2) is 18.2 Å². The van der Waals surface area contributed by atoms with Crippen LogP contribution in [0.1, 0.15) is 36.5 Å². The Balaban J connectivity index is 2.08. The Morgan fingerprint density at radius 1 is 1.50 bits per heavy atom. The first kappa shape index (κ1) is 11.5. The second kappa shape index (κ2) is 4.88. The maximum atomic E-state index is 11.4. The van der Waals surface area contributed by atoms with Gasteiger partial charge in [0.05, 0.1) is 12.2 Å². The number of hydrogen-bond acceptors (Lipinski definition) is 2. The maximum absolute atomic E-state index is 11.4. The van der Waals surface area contributed by atoms with Crippen molar-refractivity contribution in [2.24, 2.45) is 5.92 Å². The van der Waals surface area contributed by atoms with E-state index in [1.807, 2.05) is 0 Å². The highest BCUT2D eigenvalue weighted by molar-refractivity contribution is 6.31. The standard InChI is InChI=1S/C13H15ClO2/c1-9(15)12-7-11(14)5-6-13(12)16-8-10-3-2-4-10/h5-7,10H,2-4,8H2,1H3. The fourth-order valence-corrected chi connectivity index (χ4v) is 1.94. The Labute approximate surface area is 101 Å². The van der Waals surface area contributed by atoms with Gasteiger partial charge in [0.1, 0.15) is 5.75 Å². The van der Waals surface area contributed by atoms with Crippen LogP contribution in [0, 0.1) is 5.92 Å². The van der Waals surface area contributed by atoms with Gasteiger partial charge in [-0.1, -0.05) is 18.0 Å². The second-order valence-corrected chi connectivity index (χ2v) is 4.74. The van der Waals surface area contributed by atoms with Crippen LogP contribution in [-0.2, 0) is 0 Å². The molecule has 1 saturated carbocycles. The van der Waals surface area contributed by atoms with Crippen molar-refractivity contribution in [1.82, 2.24) is 0 Å². The molecule has 0 aromatic heterocycles. The van der Waals surface area contributed by atoms with Gasteiger partial charge in [-0.3, -0.25) is 4.79 Å². The third-order valence-corrected chi connectivity index (χ3v) is 3.26. The highest BCUT2D eigenvalue weighted by Crippen LogP contribution is 2.29. The normalized spacial score (nSPS) is 15.6. The summed E-state index contributed by atoms with van der Waals surface area (Å²) < 4.78 is 5.68. The highest BCUT2D eigenvalue weighted by atomic mass is 35.5. The summed E-state index contributed by atoms with van der Waals surface area (Å²) in [6.07, 6.45) is 3.78. The molecule has 0 unspecified atom stereocenters. The van der Waals surface area contributed by atoms with Crippen molar-refractivity contribution in [1.29, 1.82) is 0 Å². The summed E-state index contributed by atoms with van der Waals surface area (Å²) in [4.78, 5) is 11.4. The lowest BCUT2D eigenvalue weighted by Crippen LogP contribution is -2.19. The number of ether oxygens (including phenoxy) is 1. The average molecular weight is 239 g/mol. The zero-order valence-corrected chi connectivity index (χ0v) is 10.1. The van der Waals surface area contributed by atoms with Crippen molar-refractivity contribution < 1.29 is 9.53 Å². The molecule has 0 saturated heterocycles. The van der Waals surface area contributed by atoms with Gasteiger partial charge in [-0.2, -0.15) is 0 Å². The van der Waals surface area contributed by atoms with E-state index >= 15 is 0 Å². The average Bonchev–Trinajstić information content (AvgIpc) is 2.17. The topological polar surface area (TPSA) is 26.3 Å². The van der Waals surface area contributed by atoms with Gasteiger partial charge in [-0.05, 0) is 43.9 Å². The van der Waals surface area contributed by atoms with Crippen molar-refractivity contribution in [3.05, 3.63) is 28.8 Å². The number of hydrogen-bond donors (Lipinski definition) is 0. The molecular weight excluding hydrogens is 224 g/mol. The molecule has 0 radical (unpaired) electrons. The molecule has 0 amide bonds. The largest absolute Gasteiger partial charge is 0.493 e. The van der Waals surface area contributed by atoms with Crippen molar-refractivity contribution in [2.75, 3.05) is 6.61 Å². The number of ketones is 1. The molecule has 0 atom stereocenters. The molecule has 0 bridgehead atoms. The molecule has 86 valence electrons. The predicted molar refractivity (Wildman–Crippen MR) is 64.3 cm³/mol. The molecular formula is C13H15ClO2. The lowest BCUT2D eigenvalue weighted by Gasteiger charge is -2.25. The SMILES string of the molecule is CC(=O)c1cc(Cl)ccc1OCC1CCC1. The van der Waals surface area contributed by atoms with Gasteiger partial charge in [-0.15, -0.1) is 0 Å². The summed E-state index contributed by atoms with van der Waals surface area (Å²) in [6, 6.07) is 5.20. The van der Waals surface area contributed by atoms with Gasteiger partial charge < -0.3 is 4.74 Å². The van der Waals surface area contributed by atoms with Gasteiger partial charge in [0.25, 0.3) is 0 Å². The van der Waals surface area contributed by atoms with E-state index in [-0.39, 0.29) is 5.78 Å². The molecule has 2 nitrogen and oxygen atoms in total. The van der Waals surface area contributed by atoms with Crippen LogP contribution in [0.2, 0.25) is 5.02 Å². The number of halogens is 1. The first-order valence-corrected chi connectivity index (χ1v) is 5.98. The van der Waals surface area contributed by atoms with E-state index < -0.39 is 0 Å². The summed E-state index contributed by atoms with van der Waals surface area (Å²) in [5.41, 5.74) is 0.576. The van der Waals surface area contributed by atoms with Gasteiger partial charge in [0.15, 0.2) is 5.78 Å². The quantitative estimate of drug-likeness (QED) is 0.748. The molecule has 16 heavy (non-hydrogen) atoms. The minimum Gasteiger partial charge on any atom is -0.493 e.